The lowest BCUT2D eigenvalue weighted by Gasteiger charge is -2.12. The molecule has 2 rings (SSSR count). The van der Waals surface area contributed by atoms with Crippen molar-refractivity contribution >= 4 is 17.5 Å². The van der Waals surface area contributed by atoms with Gasteiger partial charge in [-0.05, 0) is 19.1 Å². The van der Waals surface area contributed by atoms with Crippen LogP contribution in [0.3, 0.4) is 0 Å². The van der Waals surface area contributed by atoms with Crippen molar-refractivity contribution in [1.29, 1.82) is 0 Å². The first kappa shape index (κ1) is 16.8. The molecule has 2 N–H and O–H groups in total. The Bertz CT molecular complexity index is 643. The van der Waals surface area contributed by atoms with Gasteiger partial charge in [0.05, 0.1) is 5.69 Å². The van der Waals surface area contributed by atoms with Crippen LogP contribution in [0.15, 0.2) is 35.6 Å². The first-order chi connectivity index (χ1) is 11.1. The molecule has 7 heteroatoms. The second-order valence-electron chi connectivity index (χ2n) is 5.36. The fourth-order valence-corrected chi connectivity index (χ4v) is 2.05. The van der Waals surface area contributed by atoms with Gasteiger partial charge in [0, 0.05) is 46.0 Å². The third-order valence-electron chi connectivity index (χ3n) is 3.30. The number of guanidine groups is 1. The van der Waals surface area contributed by atoms with Gasteiger partial charge in [0.1, 0.15) is 12.2 Å². The summed E-state index contributed by atoms with van der Waals surface area (Å²) in [6, 6.07) is 5.94. The van der Waals surface area contributed by atoms with Crippen LogP contribution in [-0.4, -0.2) is 59.9 Å². The predicted molar refractivity (Wildman–Crippen MR) is 91.6 cm³/mol. The zero-order valence-corrected chi connectivity index (χ0v) is 13.9. The normalized spacial score (nSPS) is 11.5. The number of aromatic nitrogens is 2. The molecule has 2 aromatic heterocycles. The standard InChI is InChI=1S/C16H24N6O/c1-4-17-16(19-11-15(23)21(2)3)18-9-8-13-12-22-10-6-5-7-14(22)20-13/h5-7,10,12H,4,8-9,11H2,1-3H3,(H2,17,18,19). The fourth-order valence-electron chi connectivity index (χ4n) is 2.05. The third-order valence-corrected chi connectivity index (χ3v) is 3.30. The molecule has 0 fully saturated rings. The molecule has 0 unspecified atom stereocenters. The number of likely N-dealkylation sites (N-methyl/N-ethyl adjacent to an activating group) is 1. The van der Waals surface area contributed by atoms with E-state index < -0.39 is 0 Å². The topological polar surface area (TPSA) is 74.0 Å². The second kappa shape index (κ2) is 8.17. The summed E-state index contributed by atoms with van der Waals surface area (Å²) in [6.07, 6.45) is 4.79. The highest BCUT2D eigenvalue weighted by atomic mass is 16.2. The van der Waals surface area contributed by atoms with Crippen molar-refractivity contribution in [2.45, 2.75) is 13.3 Å². The molecule has 1 amide bonds. The minimum Gasteiger partial charge on any atom is -0.357 e. The van der Waals surface area contributed by atoms with Gasteiger partial charge in [0.25, 0.3) is 0 Å². The van der Waals surface area contributed by atoms with Crippen LogP contribution in [0.2, 0.25) is 0 Å². The summed E-state index contributed by atoms with van der Waals surface area (Å²) < 4.78 is 2.00. The number of carbonyl (C=O) groups is 1. The van der Waals surface area contributed by atoms with Gasteiger partial charge in [0.2, 0.25) is 5.91 Å². The molecule has 0 spiro atoms. The largest absolute Gasteiger partial charge is 0.357 e. The minimum absolute atomic E-state index is 0.0254. The van der Waals surface area contributed by atoms with Gasteiger partial charge in [-0.2, -0.15) is 0 Å². The summed E-state index contributed by atoms with van der Waals surface area (Å²) in [7, 11) is 3.45. The maximum absolute atomic E-state index is 11.6. The summed E-state index contributed by atoms with van der Waals surface area (Å²) >= 11 is 0. The molecule has 2 aromatic rings. The van der Waals surface area contributed by atoms with Crippen LogP contribution in [0, 0.1) is 0 Å². The number of nitrogens with one attached hydrogen (secondary N) is 2. The van der Waals surface area contributed by atoms with Crippen molar-refractivity contribution in [3.05, 3.63) is 36.3 Å². The Hall–Kier alpha value is -2.57. The first-order valence-electron chi connectivity index (χ1n) is 7.75. The van der Waals surface area contributed by atoms with Crippen LogP contribution in [0.25, 0.3) is 5.65 Å². The quantitative estimate of drug-likeness (QED) is 0.602. The monoisotopic (exact) mass is 316 g/mol. The Labute approximate surface area is 136 Å². The molecule has 7 nitrogen and oxygen atoms in total. The Morgan fingerprint density at radius 3 is 2.87 bits per heavy atom. The minimum atomic E-state index is -0.0254. The molecule has 0 saturated carbocycles. The van der Waals surface area contributed by atoms with Crippen LogP contribution < -0.4 is 10.6 Å². The highest BCUT2D eigenvalue weighted by Gasteiger charge is 2.05. The molecule has 0 aromatic carbocycles. The molecule has 0 atom stereocenters. The molecule has 2 heterocycles. The van der Waals surface area contributed by atoms with Crippen molar-refractivity contribution in [2.75, 3.05) is 33.7 Å². The zero-order valence-electron chi connectivity index (χ0n) is 13.9. The highest BCUT2D eigenvalue weighted by Crippen LogP contribution is 2.04. The number of imidazole rings is 1. The van der Waals surface area contributed by atoms with Crippen molar-refractivity contribution in [2.24, 2.45) is 4.99 Å². The van der Waals surface area contributed by atoms with Gasteiger partial charge in [-0.15, -0.1) is 0 Å². The van der Waals surface area contributed by atoms with Crippen molar-refractivity contribution in [1.82, 2.24) is 24.9 Å². The number of hydrogen-bond acceptors (Lipinski definition) is 3. The summed E-state index contributed by atoms with van der Waals surface area (Å²) in [5, 5.41) is 6.36. The van der Waals surface area contributed by atoms with Crippen LogP contribution in [-0.2, 0) is 11.2 Å². The number of aliphatic imine (C=N–C) groups is 1. The van der Waals surface area contributed by atoms with Gasteiger partial charge < -0.3 is 19.9 Å². The van der Waals surface area contributed by atoms with E-state index in [1.54, 1.807) is 14.1 Å². The number of pyridine rings is 1. The predicted octanol–water partition coefficient (Wildman–Crippen LogP) is 0.520. The molecule has 0 saturated heterocycles. The van der Waals surface area contributed by atoms with E-state index in [2.05, 4.69) is 20.6 Å². The molecule has 124 valence electrons. The number of fused-ring (bicyclic) bond motifs is 1. The summed E-state index contributed by atoms with van der Waals surface area (Å²) in [5.74, 6) is 0.619. The number of carbonyl (C=O) groups excluding carboxylic acids is 1. The molecule has 0 aliphatic heterocycles. The van der Waals surface area contributed by atoms with Gasteiger partial charge in [0.15, 0.2) is 5.96 Å². The van der Waals surface area contributed by atoms with Crippen LogP contribution in [0.1, 0.15) is 12.6 Å². The number of amides is 1. The zero-order chi connectivity index (χ0) is 16.7. The van der Waals surface area contributed by atoms with E-state index in [0.29, 0.717) is 12.5 Å². The Kier molecular flexibility index (Phi) is 5.96. The van der Waals surface area contributed by atoms with Gasteiger partial charge in [-0.25, -0.2) is 9.98 Å². The van der Waals surface area contributed by atoms with Gasteiger partial charge in [-0.3, -0.25) is 4.79 Å². The van der Waals surface area contributed by atoms with E-state index in [0.717, 1.165) is 24.3 Å². The molecular formula is C16H24N6O. The average Bonchev–Trinajstić information content (AvgIpc) is 2.94. The Morgan fingerprint density at radius 1 is 1.35 bits per heavy atom. The van der Waals surface area contributed by atoms with Crippen molar-refractivity contribution in [3.63, 3.8) is 0 Å². The maximum Gasteiger partial charge on any atom is 0.243 e. The average molecular weight is 316 g/mol. The van der Waals surface area contributed by atoms with E-state index in [9.17, 15) is 4.79 Å². The number of hydrogen-bond donors (Lipinski definition) is 2. The van der Waals surface area contributed by atoms with E-state index in [1.807, 2.05) is 41.9 Å². The molecule has 0 aliphatic carbocycles. The fraction of sp³-hybridized carbons (Fsp3) is 0.438. The lowest BCUT2D eigenvalue weighted by Crippen LogP contribution is -2.39. The maximum atomic E-state index is 11.6. The number of rotatable bonds is 6. The summed E-state index contributed by atoms with van der Waals surface area (Å²) in [6.45, 7) is 3.58. The van der Waals surface area contributed by atoms with Gasteiger partial charge >= 0.3 is 0 Å². The van der Waals surface area contributed by atoms with E-state index in [1.165, 1.54) is 4.90 Å². The van der Waals surface area contributed by atoms with Crippen LogP contribution in [0.4, 0.5) is 0 Å². The number of nitrogens with zero attached hydrogens (tertiary/aromatic N) is 4. The molecular weight excluding hydrogens is 292 g/mol. The molecule has 0 radical (unpaired) electrons. The SMILES string of the molecule is CCNC(=NCC(=O)N(C)C)NCCc1cn2ccccc2n1. The van der Waals surface area contributed by atoms with Crippen molar-refractivity contribution < 1.29 is 4.79 Å². The summed E-state index contributed by atoms with van der Waals surface area (Å²) in [5.41, 5.74) is 1.96. The van der Waals surface area contributed by atoms with E-state index in [-0.39, 0.29) is 12.5 Å². The molecule has 0 bridgehead atoms. The lowest BCUT2D eigenvalue weighted by atomic mass is 10.3. The Morgan fingerprint density at radius 2 is 2.17 bits per heavy atom. The van der Waals surface area contributed by atoms with Crippen LogP contribution >= 0.6 is 0 Å². The van der Waals surface area contributed by atoms with E-state index in [4.69, 9.17) is 0 Å². The third kappa shape index (κ3) is 4.98. The molecule has 23 heavy (non-hydrogen) atoms. The van der Waals surface area contributed by atoms with Gasteiger partial charge in [-0.1, -0.05) is 6.07 Å². The lowest BCUT2D eigenvalue weighted by molar-refractivity contribution is -0.127. The van der Waals surface area contributed by atoms with Crippen molar-refractivity contribution in [3.8, 4) is 0 Å². The van der Waals surface area contributed by atoms with Crippen LogP contribution in [0.5, 0.6) is 0 Å². The van der Waals surface area contributed by atoms with E-state index >= 15 is 0 Å². The Balaban J connectivity index is 1.88. The summed E-state index contributed by atoms with van der Waals surface area (Å²) in [4.78, 5) is 22.0. The molecule has 0 aliphatic rings. The first-order valence-corrected chi connectivity index (χ1v) is 7.75. The smallest absolute Gasteiger partial charge is 0.243 e. The highest BCUT2D eigenvalue weighted by molar-refractivity contribution is 5.84. The second-order valence-corrected chi connectivity index (χ2v) is 5.36.